The highest BCUT2D eigenvalue weighted by Crippen LogP contribution is 2.25. The molecule has 0 aromatic carbocycles. The standard InChI is InChI=1S/C19H17N7O2S/c1-11(2)14(18-25-15(26-28-18)12-4-8-20-9-5-12)24-17(27)13-10-29-19(23-13)16-21-6-3-7-22-16/h3-11,14H,1-2H3,(H,24,27). The summed E-state index contributed by atoms with van der Waals surface area (Å²) in [5.74, 6) is 0.961. The number of pyridine rings is 1. The van der Waals surface area contributed by atoms with Crippen LogP contribution < -0.4 is 5.32 Å². The minimum atomic E-state index is -0.455. The van der Waals surface area contributed by atoms with Crippen LogP contribution in [0.5, 0.6) is 0 Å². The summed E-state index contributed by atoms with van der Waals surface area (Å²) in [7, 11) is 0. The van der Waals surface area contributed by atoms with Crippen LogP contribution in [0.15, 0.2) is 52.9 Å². The summed E-state index contributed by atoms with van der Waals surface area (Å²) in [6.45, 7) is 3.93. The molecule has 1 amide bonds. The molecule has 4 heterocycles. The lowest BCUT2D eigenvalue weighted by Crippen LogP contribution is -2.32. The molecule has 1 atom stereocenters. The molecule has 0 bridgehead atoms. The molecule has 1 unspecified atom stereocenters. The first-order valence-corrected chi connectivity index (χ1v) is 9.77. The van der Waals surface area contributed by atoms with E-state index in [1.807, 2.05) is 13.8 Å². The topological polar surface area (TPSA) is 120 Å². The van der Waals surface area contributed by atoms with E-state index in [0.29, 0.717) is 22.5 Å². The van der Waals surface area contributed by atoms with E-state index in [1.54, 1.807) is 48.4 Å². The molecule has 4 rings (SSSR count). The molecule has 4 aromatic rings. The maximum absolute atomic E-state index is 12.7. The van der Waals surface area contributed by atoms with Crippen LogP contribution in [0.25, 0.3) is 22.2 Å². The van der Waals surface area contributed by atoms with Crippen molar-refractivity contribution >= 4 is 17.2 Å². The van der Waals surface area contributed by atoms with E-state index in [2.05, 4.69) is 35.4 Å². The van der Waals surface area contributed by atoms with Gasteiger partial charge in [0.25, 0.3) is 5.91 Å². The lowest BCUT2D eigenvalue weighted by atomic mass is 10.0. The number of aromatic nitrogens is 6. The summed E-state index contributed by atoms with van der Waals surface area (Å²) in [5, 5.41) is 9.21. The van der Waals surface area contributed by atoms with Crippen LogP contribution in [0.3, 0.4) is 0 Å². The summed E-state index contributed by atoms with van der Waals surface area (Å²) in [4.78, 5) is 33.8. The van der Waals surface area contributed by atoms with Crippen molar-refractivity contribution < 1.29 is 9.32 Å². The van der Waals surface area contributed by atoms with E-state index < -0.39 is 6.04 Å². The highest BCUT2D eigenvalue weighted by molar-refractivity contribution is 7.13. The fourth-order valence-corrected chi connectivity index (χ4v) is 3.34. The number of nitrogens with zero attached hydrogens (tertiary/aromatic N) is 6. The van der Waals surface area contributed by atoms with Crippen LogP contribution >= 0.6 is 11.3 Å². The Balaban J connectivity index is 1.53. The summed E-state index contributed by atoms with van der Waals surface area (Å²) >= 11 is 1.31. The second-order valence-corrected chi connectivity index (χ2v) is 7.36. The SMILES string of the molecule is CC(C)C(NC(=O)c1csc(-c2ncccn2)n1)c1nc(-c2ccncc2)no1. The predicted molar refractivity (Wildman–Crippen MR) is 106 cm³/mol. The Hall–Kier alpha value is -3.53. The first-order chi connectivity index (χ1) is 14.1. The molecular weight excluding hydrogens is 390 g/mol. The molecule has 9 nitrogen and oxygen atoms in total. The van der Waals surface area contributed by atoms with Crippen molar-refractivity contribution in [2.24, 2.45) is 5.92 Å². The second-order valence-electron chi connectivity index (χ2n) is 6.50. The Kier molecular flexibility index (Phi) is 5.34. The number of rotatable bonds is 6. The van der Waals surface area contributed by atoms with Gasteiger partial charge in [-0.1, -0.05) is 19.0 Å². The van der Waals surface area contributed by atoms with Gasteiger partial charge in [0.15, 0.2) is 10.8 Å². The highest BCUT2D eigenvalue weighted by atomic mass is 32.1. The van der Waals surface area contributed by atoms with Crippen molar-refractivity contribution in [1.82, 2.24) is 35.4 Å². The molecule has 0 fully saturated rings. The average Bonchev–Trinajstić information content (AvgIpc) is 3.43. The molecule has 0 aliphatic heterocycles. The summed E-state index contributed by atoms with van der Waals surface area (Å²) in [6.07, 6.45) is 6.58. The number of hydrogen-bond acceptors (Lipinski definition) is 9. The Morgan fingerprint density at radius 1 is 1.07 bits per heavy atom. The highest BCUT2D eigenvalue weighted by Gasteiger charge is 2.26. The van der Waals surface area contributed by atoms with Crippen LogP contribution in [0.1, 0.15) is 36.3 Å². The van der Waals surface area contributed by atoms with Gasteiger partial charge in [-0.15, -0.1) is 11.3 Å². The van der Waals surface area contributed by atoms with E-state index in [-0.39, 0.29) is 17.5 Å². The molecule has 1 N–H and O–H groups in total. The van der Waals surface area contributed by atoms with E-state index in [9.17, 15) is 4.79 Å². The minimum Gasteiger partial charge on any atom is -0.339 e. The molecular formula is C19H17N7O2S. The third-order valence-corrected chi connectivity index (χ3v) is 4.93. The zero-order valence-electron chi connectivity index (χ0n) is 15.7. The molecule has 10 heteroatoms. The third kappa shape index (κ3) is 4.16. The van der Waals surface area contributed by atoms with Gasteiger partial charge in [-0.3, -0.25) is 9.78 Å². The maximum Gasteiger partial charge on any atom is 0.271 e. The minimum absolute atomic E-state index is 0.0280. The van der Waals surface area contributed by atoms with Crippen molar-refractivity contribution in [3.63, 3.8) is 0 Å². The van der Waals surface area contributed by atoms with Gasteiger partial charge in [-0.2, -0.15) is 4.98 Å². The quantitative estimate of drug-likeness (QED) is 0.517. The molecule has 0 spiro atoms. The van der Waals surface area contributed by atoms with Crippen LogP contribution in [-0.2, 0) is 0 Å². The first-order valence-electron chi connectivity index (χ1n) is 8.89. The van der Waals surface area contributed by atoms with Gasteiger partial charge in [-0.05, 0) is 24.1 Å². The van der Waals surface area contributed by atoms with Gasteiger partial charge < -0.3 is 9.84 Å². The smallest absolute Gasteiger partial charge is 0.271 e. The number of thiazole rings is 1. The average molecular weight is 407 g/mol. The molecule has 0 radical (unpaired) electrons. The number of carbonyl (C=O) groups excluding carboxylic acids is 1. The van der Waals surface area contributed by atoms with Gasteiger partial charge in [0.1, 0.15) is 11.7 Å². The lowest BCUT2D eigenvalue weighted by Gasteiger charge is -2.17. The third-order valence-electron chi connectivity index (χ3n) is 4.09. The molecule has 0 saturated heterocycles. The molecule has 0 aliphatic rings. The number of amides is 1. The lowest BCUT2D eigenvalue weighted by molar-refractivity contribution is 0.0909. The Bertz CT molecular complexity index is 1100. The number of hydrogen-bond donors (Lipinski definition) is 1. The molecule has 29 heavy (non-hydrogen) atoms. The normalized spacial score (nSPS) is 12.1. The van der Waals surface area contributed by atoms with E-state index in [1.165, 1.54) is 11.3 Å². The second kappa shape index (κ2) is 8.23. The van der Waals surface area contributed by atoms with Crippen molar-refractivity contribution in [1.29, 1.82) is 0 Å². The summed E-state index contributed by atoms with van der Waals surface area (Å²) < 4.78 is 5.42. The predicted octanol–water partition coefficient (Wildman–Crippen LogP) is 3.17. The van der Waals surface area contributed by atoms with E-state index in [0.717, 1.165) is 5.56 Å². The maximum atomic E-state index is 12.7. The molecule has 4 aromatic heterocycles. The number of carbonyl (C=O) groups is 1. The monoisotopic (exact) mass is 407 g/mol. The van der Waals surface area contributed by atoms with Crippen molar-refractivity contribution in [2.45, 2.75) is 19.9 Å². The van der Waals surface area contributed by atoms with Gasteiger partial charge in [0.05, 0.1) is 0 Å². The molecule has 146 valence electrons. The van der Waals surface area contributed by atoms with Gasteiger partial charge >= 0.3 is 0 Å². The largest absolute Gasteiger partial charge is 0.339 e. The zero-order chi connectivity index (χ0) is 20.2. The van der Waals surface area contributed by atoms with Gasteiger partial charge in [0.2, 0.25) is 11.7 Å². The first kappa shape index (κ1) is 18.8. The molecule has 0 aliphatic carbocycles. The van der Waals surface area contributed by atoms with Crippen LogP contribution in [-0.4, -0.2) is 36.0 Å². The fraction of sp³-hybridized carbons (Fsp3) is 0.211. The Morgan fingerprint density at radius 2 is 1.83 bits per heavy atom. The van der Waals surface area contributed by atoms with E-state index >= 15 is 0 Å². The van der Waals surface area contributed by atoms with Crippen LogP contribution in [0.2, 0.25) is 0 Å². The zero-order valence-corrected chi connectivity index (χ0v) is 16.5. The molecule has 0 saturated carbocycles. The summed E-state index contributed by atoms with van der Waals surface area (Å²) in [6, 6.07) is 4.85. The Morgan fingerprint density at radius 3 is 2.55 bits per heavy atom. The van der Waals surface area contributed by atoms with Crippen molar-refractivity contribution in [3.8, 4) is 22.2 Å². The van der Waals surface area contributed by atoms with Gasteiger partial charge in [0, 0.05) is 35.7 Å². The number of nitrogens with one attached hydrogen (secondary N) is 1. The van der Waals surface area contributed by atoms with Crippen LogP contribution in [0.4, 0.5) is 0 Å². The van der Waals surface area contributed by atoms with Crippen LogP contribution in [0, 0.1) is 5.92 Å². The fourth-order valence-electron chi connectivity index (χ4n) is 2.60. The van der Waals surface area contributed by atoms with E-state index in [4.69, 9.17) is 4.52 Å². The Labute approximate surface area is 170 Å². The van der Waals surface area contributed by atoms with Crippen molar-refractivity contribution in [2.75, 3.05) is 0 Å². The summed E-state index contributed by atoms with van der Waals surface area (Å²) in [5.41, 5.74) is 1.08. The van der Waals surface area contributed by atoms with Gasteiger partial charge in [-0.25, -0.2) is 15.0 Å². The van der Waals surface area contributed by atoms with Crippen molar-refractivity contribution in [3.05, 3.63) is 60.0 Å².